The monoisotopic (exact) mass is 285 g/mol. The number of hydrogen-bond donors (Lipinski definition) is 0. The SMILES string of the molecule is CC(C)N1CCC[C@@H](c2cncc(-c3ccnn3C)n2)C1. The van der Waals surface area contributed by atoms with Gasteiger partial charge < -0.3 is 4.90 Å². The minimum absolute atomic E-state index is 0.488. The highest BCUT2D eigenvalue weighted by Crippen LogP contribution is 2.27. The van der Waals surface area contributed by atoms with Crippen LogP contribution in [0.3, 0.4) is 0 Å². The van der Waals surface area contributed by atoms with Gasteiger partial charge in [-0.05, 0) is 39.3 Å². The van der Waals surface area contributed by atoms with Crippen molar-refractivity contribution >= 4 is 0 Å². The Bertz CT molecular complexity index is 604. The van der Waals surface area contributed by atoms with Crippen molar-refractivity contribution in [3.05, 3.63) is 30.4 Å². The molecule has 1 atom stereocenters. The summed E-state index contributed by atoms with van der Waals surface area (Å²) in [5.74, 6) is 0.488. The summed E-state index contributed by atoms with van der Waals surface area (Å²) in [6.07, 6.45) is 7.98. The van der Waals surface area contributed by atoms with Crippen molar-refractivity contribution in [2.45, 2.75) is 38.6 Å². The van der Waals surface area contributed by atoms with Gasteiger partial charge in [0.15, 0.2) is 0 Å². The molecule has 5 nitrogen and oxygen atoms in total. The summed E-state index contributed by atoms with van der Waals surface area (Å²) in [7, 11) is 1.94. The first-order valence-electron chi connectivity index (χ1n) is 7.69. The number of aryl methyl sites for hydroxylation is 1. The number of piperidine rings is 1. The molecule has 2 aromatic rings. The van der Waals surface area contributed by atoms with Crippen LogP contribution < -0.4 is 0 Å². The molecule has 2 aromatic heterocycles. The van der Waals surface area contributed by atoms with Gasteiger partial charge in [0, 0.05) is 37.9 Å². The zero-order valence-corrected chi connectivity index (χ0v) is 13.0. The van der Waals surface area contributed by atoms with Gasteiger partial charge in [-0.2, -0.15) is 5.10 Å². The van der Waals surface area contributed by atoms with Crippen LogP contribution in [0.4, 0.5) is 0 Å². The van der Waals surface area contributed by atoms with Crippen molar-refractivity contribution < 1.29 is 0 Å². The van der Waals surface area contributed by atoms with Gasteiger partial charge in [0.2, 0.25) is 0 Å². The van der Waals surface area contributed by atoms with Gasteiger partial charge in [0.1, 0.15) is 5.69 Å². The van der Waals surface area contributed by atoms with E-state index in [0.29, 0.717) is 12.0 Å². The molecule has 0 spiro atoms. The molecule has 0 radical (unpaired) electrons. The summed E-state index contributed by atoms with van der Waals surface area (Å²) in [5, 5.41) is 4.21. The van der Waals surface area contributed by atoms with Crippen molar-refractivity contribution in [3.8, 4) is 11.4 Å². The number of likely N-dealkylation sites (tertiary alicyclic amines) is 1. The van der Waals surface area contributed by atoms with Crippen LogP contribution in [0.5, 0.6) is 0 Å². The van der Waals surface area contributed by atoms with E-state index in [1.165, 1.54) is 19.4 Å². The maximum atomic E-state index is 4.84. The molecular formula is C16H23N5. The summed E-state index contributed by atoms with van der Waals surface area (Å²) in [6, 6.07) is 2.58. The molecule has 0 bridgehead atoms. The van der Waals surface area contributed by atoms with Crippen LogP contribution in [0, 0.1) is 0 Å². The third-order valence-corrected chi connectivity index (χ3v) is 4.34. The maximum Gasteiger partial charge on any atom is 0.107 e. The van der Waals surface area contributed by atoms with E-state index < -0.39 is 0 Å². The molecule has 1 fully saturated rings. The van der Waals surface area contributed by atoms with Gasteiger partial charge in [0.05, 0.1) is 17.6 Å². The summed E-state index contributed by atoms with van der Waals surface area (Å²) in [5.41, 5.74) is 3.04. The Balaban J connectivity index is 1.84. The minimum atomic E-state index is 0.488. The summed E-state index contributed by atoms with van der Waals surface area (Å²) >= 11 is 0. The van der Waals surface area contributed by atoms with Crippen molar-refractivity contribution in [1.29, 1.82) is 0 Å². The molecule has 21 heavy (non-hydrogen) atoms. The Hall–Kier alpha value is -1.75. The topological polar surface area (TPSA) is 46.8 Å². The van der Waals surface area contributed by atoms with Gasteiger partial charge in [-0.1, -0.05) is 0 Å². The zero-order chi connectivity index (χ0) is 14.8. The van der Waals surface area contributed by atoms with E-state index in [0.717, 1.165) is 23.6 Å². The maximum absolute atomic E-state index is 4.84. The second kappa shape index (κ2) is 5.93. The fourth-order valence-corrected chi connectivity index (χ4v) is 3.04. The van der Waals surface area contributed by atoms with E-state index in [1.54, 1.807) is 6.20 Å². The van der Waals surface area contributed by atoms with Crippen molar-refractivity contribution in [3.63, 3.8) is 0 Å². The highest BCUT2D eigenvalue weighted by molar-refractivity contribution is 5.52. The lowest BCUT2D eigenvalue weighted by Crippen LogP contribution is -2.39. The lowest BCUT2D eigenvalue weighted by atomic mass is 9.94. The lowest BCUT2D eigenvalue weighted by molar-refractivity contribution is 0.166. The smallest absolute Gasteiger partial charge is 0.107 e. The van der Waals surface area contributed by atoms with E-state index in [9.17, 15) is 0 Å². The van der Waals surface area contributed by atoms with Gasteiger partial charge in [0.25, 0.3) is 0 Å². The van der Waals surface area contributed by atoms with Crippen LogP contribution >= 0.6 is 0 Å². The van der Waals surface area contributed by atoms with Gasteiger partial charge >= 0.3 is 0 Å². The summed E-state index contributed by atoms with van der Waals surface area (Å²) < 4.78 is 1.84. The highest BCUT2D eigenvalue weighted by Gasteiger charge is 2.24. The van der Waals surface area contributed by atoms with E-state index in [-0.39, 0.29) is 0 Å². The first kappa shape index (κ1) is 14.2. The summed E-state index contributed by atoms with van der Waals surface area (Å²) in [4.78, 5) is 11.8. The number of nitrogens with zero attached hydrogens (tertiary/aromatic N) is 5. The standard InChI is InChI=1S/C16H23N5/c1-12(2)21-8-4-5-13(11-21)14-9-17-10-15(19-14)16-6-7-18-20(16)3/h6-7,9-10,12-13H,4-5,8,11H2,1-3H3/t13-/m1/s1. The van der Waals surface area contributed by atoms with Crippen molar-refractivity contribution in [1.82, 2.24) is 24.6 Å². The predicted molar refractivity (Wildman–Crippen MR) is 82.9 cm³/mol. The van der Waals surface area contributed by atoms with Crippen LogP contribution in [-0.4, -0.2) is 43.8 Å². The third kappa shape index (κ3) is 2.97. The Morgan fingerprint density at radius 3 is 2.86 bits per heavy atom. The average Bonchev–Trinajstić information content (AvgIpc) is 2.94. The van der Waals surface area contributed by atoms with Gasteiger partial charge in [-0.25, -0.2) is 4.98 Å². The predicted octanol–water partition coefficient (Wildman–Crippen LogP) is 2.46. The molecule has 0 amide bonds. The first-order chi connectivity index (χ1) is 10.1. The molecule has 0 unspecified atom stereocenters. The Labute approximate surface area is 126 Å². The molecule has 3 heterocycles. The average molecular weight is 285 g/mol. The van der Waals surface area contributed by atoms with Crippen LogP contribution in [0.2, 0.25) is 0 Å². The Morgan fingerprint density at radius 1 is 1.29 bits per heavy atom. The van der Waals surface area contributed by atoms with Crippen LogP contribution in [0.1, 0.15) is 38.3 Å². The molecule has 1 saturated heterocycles. The highest BCUT2D eigenvalue weighted by atomic mass is 15.3. The molecular weight excluding hydrogens is 262 g/mol. The molecule has 112 valence electrons. The fourth-order valence-electron chi connectivity index (χ4n) is 3.04. The quantitative estimate of drug-likeness (QED) is 0.869. The second-order valence-electron chi connectivity index (χ2n) is 6.10. The zero-order valence-electron chi connectivity index (χ0n) is 13.0. The van der Waals surface area contributed by atoms with E-state index in [1.807, 2.05) is 30.2 Å². The van der Waals surface area contributed by atoms with E-state index >= 15 is 0 Å². The largest absolute Gasteiger partial charge is 0.300 e. The van der Waals surface area contributed by atoms with Crippen LogP contribution in [0.25, 0.3) is 11.4 Å². The fraction of sp³-hybridized carbons (Fsp3) is 0.562. The molecule has 0 aliphatic carbocycles. The van der Waals surface area contributed by atoms with Gasteiger partial charge in [-0.3, -0.25) is 9.67 Å². The normalized spacial score (nSPS) is 20.1. The molecule has 1 aliphatic rings. The molecule has 1 aliphatic heterocycles. The second-order valence-corrected chi connectivity index (χ2v) is 6.10. The van der Waals surface area contributed by atoms with Crippen LogP contribution in [0.15, 0.2) is 24.7 Å². The van der Waals surface area contributed by atoms with E-state index in [2.05, 4.69) is 28.8 Å². The van der Waals surface area contributed by atoms with E-state index in [4.69, 9.17) is 4.98 Å². The summed E-state index contributed by atoms with van der Waals surface area (Å²) in [6.45, 7) is 6.81. The minimum Gasteiger partial charge on any atom is -0.300 e. The van der Waals surface area contributed by atoms with Crippen LogP contribution in [-0.2, 0) is 7.05 Å². The Morgan fingerprint density at radius 2 is 2.14 bits per heavy atom. The molecule has 5 heteroatoms. The number of hydrogen-bond acceptors (Lipinski definition) is 4. The molecule has 0 saturated carbocycles. The number of aromatic nitrogens is 4. The lowest BCUT2D eigenvalue weighted by Gasteiger charge is -2.35. The third-order valence-electron chi connectivity index (χ3n) is 4.34. The Kier molecular flexibility index (Phi) is 4.01. The van der Waals surface area contributed by atoms with Gasteiger partial charge in [-0.15, -0.1) is 0 Å². The van der Waals surface area contributed by atoms with Crippen molar-refractivity contribution in [2.75, 3.05) is 13.1 Å². The first-order valence-corrected chi connectivity index (χ1v) is 7.69. The molecule has 0 N–H and O–H groups in total. The number of rotatable bonds is 3. The van der Waals surface area contributed by atoms with Crippen molar-refractivity contribution in [2.24, 2.45) is 7.05 Å². The molecule has 3 rings (SSSR count). The molecule has 0 aromatic carbocycles.